The number of rotatable bonds is 2. The summed E-state index contributed by atoms with van der Waals surface area (Å²) in [5, 5.41) is 11.9. The Hall–Kier alpha value is -0.950. The molecule has 2 aliphatic rings. The molecule has 0 aliphatic carbocycles. The number of hydrogen-bond donors (Lipinski definition) is 2. The molecule has 2 fully saturated rings. The number of carbonyl (C=O) groups is 2. The molecular formula is C11H18N2O4S. The van der Waals surface area contributed by atoms with Gasteiger partial charge >= 0.3 is 12.0 Å². The van der Waals surface area contributed by atoms with E-state index in [9.17, 15) is 9.59 Å². The molecule has 3 unspecified atom stereocenters. The minimum Gasteiger partial charge on any atom is -0.480 e. The van der Waals surface area contributed by atoms with E-state index < -0.39 is 12.0 Å². The molecule has 0 aromatic heterocycles. The smallest absolute Gasteiger partial charge is 0.327 e. The minimum atomic E-state index is -0.943. The van der Waals surface area contributed by atoms with E-state index in [0.29, 0.717) is 12.4 Å². The van der Waals surface area contributed by atoms with Gasteiger partial charge in [-0.2, -0.15) is 0 Å². The van der Waals surface area contributed by atoms with Gasteiger partial charge in [-0.3, -0.25) is 4.90 Å². The maximum absolute atomic E-state index is 12.1. The zero-order valence-corrected chi connectivity index (χ0v) is 11.1. The van der Waals surface area contributed by atoms with Gasteiger partial charge in [-0.1, -0.05) is 0 Å². The van der Waals surface area contributed by atoms with E-state index in [1.165, 1.54) is 16.7 Å². The second-order valence-electron chi connectivity index (χ2n) is 4.56. The lowest BCUT2D eigenvalue weighted by Gasteiger charge is -2.29. The predicted octanol–water partition coefficient (Wildman–Crippen LogP) is 0.723. The van der Waals surface area contributed by atoms with Crippen molar-refractivity contribution >= 4 is 23.8 Å². The Labute approximate surface area is 110 Å². The van der Waals surface area contributed by atoms with Crippen LogP contribution < -0.4 is 5.32 Å². The molecule has 2 heterocycles. The number of hydrogen-bond acceptors (Lipinski definition) is 4. The van der Waals surface area contributed by atoms with E-state index in [1.54, 1.807) is 0 Å². The second-order valence-corrected chi connectivity index (χ2v) is 5.91. The van der Waals surface area contributed by atoms with Crippen LogP contribution in [0.15, 0.2) is 0 Å². The third-order valence-electron chi connectivity index (χ3n) is 3.23. The molecule has 18 heavy (non-hydrogen) atoms. The van der Waals surface area contributed by atoms with Gasteiger partial charge in [-0.05, 0) is 19.8 Å². The van der Waals surface area contributed by atoms with E-state index in [0.717, 1.165) is 19.4 Å². The molecule has 0 radical (unpaired) electrons. The van der Waals surface area contributed by atoms with Crippen LogP contribution in [-0.2, 0) is 9.53 Å². The molecule has 7 heteroatoms. The number of ether oxygens (including phenoxy) is 1. The molecule has 2 rings (SSSR count). The van der Waals surface area contributed by atoms with Crippen molar-refractivity contribution in [2.75, 3.05) is 19.0 Å². The van der Waals surface area contributed by atoms with Crippen LogP contribution in [0.1, 0.15) is 19.8 Å². The molecule has 102 valence electrons. The van der Waals surface area contributed by atoms with Crippen molar-refractivity contribution in [3.63, 3.8) is 0 Å². The van der Waals surface area contributed by atoms with Gasteiger partial charge in [-0.25, -0.2) is 9.59 Å². The summed E-state index contributed by atoms with van der Waals surface area (Å²) in [4.78, 5) is 24.6. The number of nitrogens with one attached hydrogen (secondary N) is 1. The van der Waals surface area contributed by atoms with E-state index in [-0.39, 0.29) is 17.4 Å². The molecule has 0 aromatic rings. The Balaban J connectivity index is 1.95. The van der Waals surface area contributed by atoms with Crippen molar-refractivity contribution in [1.29, 1.82) is 0 Å². The first kappa shape index (κ1) is 13.5. The van der Waals surface area contributed by atoms with Gasteiger partial charge < -0.3 is 15.2 Å². The second kappa shape index (κ2) is 5.79. The zero-order chi connectivity index (χ0) is 13.1. The third-order valence-corrected chi connectivity index (χ3v) is 4.45. The maximum atomic E-state index is 12.1. The van der Waals surface area contributed by atoms with Gasteiger partial charge in [-0.15, -0.1) is 11.8 Å². The summed E-state index contributed by atoms with van der Waals surface area (Å²) < 4.78 is 5.29. The summed E-state index contributed by atoms with van der Waals surface area (Å²) in [5.74, 6) is -0.493. The van der Waals surface area contributed by atoms with Crippen molar-refractivity contribution < 1.29 is 19.4 Å². The highest BCUT2D eigenvalue weighted by atomic mass is 32.2. The first-order chi connectivity index (χ1) is 8.59. The Bertz CT molecular complexity index is 333. The monoisotopic (exact) mass is 274 g/mol. The summed E-state index contributed by atoms with van der Waals surface area (Å²) in [5.41, 5.74) is 0. The first-order valence-corrected chi connectivity index (χ1v) is 7.15. The van der Waals surface area contributed by atoms with Crippen molar-refractivity contribution in [3.05, 3.63) is 0 Å². The van der Waals surface area contributed by atoms with Gasteiger partial charge in [0, 0.05) is 12.4 Å². The molecule has 2 aliphatic heterocycles. The molecule has 2 N–H and O–H groups in total. The van der Waals surface area contributed by atoms with Crippen LogP contribution in [0, 0.1) is 0 Å². The van der Waals surface area contributed by atoms with E-state index >= 15 is 0 Å². The Morgan fingerprint density at radius 1 is 1.50 bits per heavy atom. The van der Waals surface area contributed by atoms with Crippen molar-refractivity contribution in [1.82, 2.24) is 10.2 Å². The predicted molar refractivity (Wildman–Crippen MR) is 67.6 cm³/mol. The fraction of sp³-hybridized carbons (Fsp3) is 0.818. The average molecular weight is 274 g/mol. The summed E-state index contributed by atoms with van der Waals surface area (Å²) in [7, 11) is 0. The lowest BCUT2D eigenvalue weighted by atomic mass is 10.1. The van der Waals surface area contributed by atoms with Gasteiger partial charge in [0.25, 0.3) is 0 Å². The highest BCUT2D eigenvalue weighted by molar-refractivity contribution is 8.00. The van der Waals surface area contributed by atoms with E-state index in [2.05, 4.69) is 5.32 Å². The number of carbonyl (C=O) groups excluding carboxylic acids is 1. The van der Waals surface area contributed by atoms with Gasteiger partial charge in [0.2, 0.25) is 0 Å². The lowest BCUT2D eigenvalue weighted by molar-refractivity contribution is -0.141. The Morgan fingerprint density at radius 2 is 2.28 bits per heavy atom. The standard InChI is InChI=1S/C11H18N2O4S/c1-7-13(9(6-18-7)10(14)15)11(16)12-8-3-2-4-17-5-8/h7-9H,2-6H2,1H3,(H,12,16)(H,14,15). The minimum absolute atomic E-state index is 0.00139. The molecule has 0 spiro atoms. The molecule has 2 saturated heterocycles. The summed E-state index contributed by atoms with van der Waals surface area (Å²) in [6.07, 6.45) is 1.82. The van der Waals surface area contributed by atoms with Crippen LogP contribution in [0.5, 0.6) is 0 Å². The number of carboxylic acids is 1. The number of carboxylic acid groups (broad SMARTS) is 1. The van der Waals surface area contributed by atoms with E-state index in [4.69, 9.17) is 9.84 Å². The largest absolute Gasteiger partial charge is 0.480 e. The fourth-order valence-corrected chi connectivity index (χ4v) is 3.41. The lowest BCUT2D eigenvalue weighted by Crippen LogP contribution is -2.53. The van der Waals surface area contributed by atoms with Crippen LogP contribution >= 0.6 is 11.8 Å². The van der Waals surface area contributed by atoms with Crippen molar-refractivity contribution in [2.45, 2.75) is 37.2 Å². The molecule has 0 saturated carbocycles. The van der Waals surface area contributed by atoms with E-state index in [1.807, 2.05) is 6.92 Å². The topological polar surface area (TPSA) is 78.9 Å². The first-order valence-electron chi connectivity index (χ1n) is 6.10. The zero-order valence-electron chi connectivity index (χ0n) is 10.3. The molecular weight excluding hydrogens is 256 g/mol. The van der Waals surface area contributed by atoms with Gasteiger partial charge in [0.1, 0.15) is 6.04 Å². The Morgan fingerprint density at radius 3 is 2.89 bits per heavy atom. The summed E-state index contributed by atoms with van der Waals surface area (Å²) >= 11 is 1.49. The van der Waals surface area contributed by atoms with Crippen LogP contribution in [-0.4, -0.2) is 58.4 Å². The number of aliphatic carboxylic acids is 1. The molecule has 0 bridgehead atoms. The summed E-state index contributed by atoms with van der Waals surface area (Å²) in [6, 6.07) is -1.02. The van der Waals surface area contributed by atoms with Crippen LogP contribution in [0.2, 0.25) is 0 Å². The van der Waals surface area contributed by atoms with Crippen LogP contribution in [0.3, 0.4) is 0 Å². The number of amides is 2. The van der Waals surface area contributed by atoms with Crippen molar-refractivity contribution in [3.8, 4) is 0 Å². The highest BCUT2D eigenvalue weighted by Crippen LogP contribution is 2.28. The number of thioether (sulfide) groups is 1. The third kappa shape index (κ3) is 2.89. The van der Waals surface area contributed by atoms with Crippen LogP contribution in [0.25, 0.3) is 0 Å². The number of nitrogens with zero attached hydrogens (tertiary/aromatic N) is 1. The quantitative estimate of drug-likeness (QED) is 0.776. The SMILES string of the molecule is CC1SCC(C(=O)O)N1C(=O)NC1CCCOC1. The molecule has 2 amide bonds. The fourth-order valence-electron chi connectivity index (χ4n) is 2.25. The molecule has 3 atom stereocenters. The average Bonchev–Trinajstić information content (AvgIpc) is 2.72. The normalized spacial score (nSPS) is 32.3. The van der Waals surface area contributed by atoms with Crippen LogP contribution in [0.4, 0.5) is 4.79 Å². The molecule has 0 aromatic carbocycles. The summed E-state index contributed by atoms with van der Waals surface area (Å²) in [6.45, 7) is 3.10. The van der Waals surface area contributed by atoms with Gasteiger partial charge in [0.15, 0.2) is 0 Å². The van der Waals surface area contributed by atoms with Crippen molar-refractivity contribution in [2.24, 2.45) is 0 Å². The highest BCUT2D eigenvalue weighted by Gasteiger charge is 2.40. The molecule has 6 nitrogen and oxygen atoms in total. The number of urea groups is 1. The van der Waals surface area contributed by atoms with Gasteiger partial charge in [0.05, 0.1) is 18.0 Å². The maximum Gasteiger partial charge on any atom is 0.327 e. The Kier molecular flexibility index (Phi) is 4.34.